The number of benzene rings is 1. The average molecular weight is 359 g/mol. The maximum absolute atomic E-state index is 11.2. The van der Waals surface area contributed by atoms with Crippen molar-refractivity contribution in [3.63, 3.8) is 0 Å². The van der Waals surface area contributed by atoms with E-state index in [-0.39, 0.29) is 0 Å². The van der Waals surface area contributed by atoms with E-state index >= 15 is 0 Å². The Balaban J connectivity index is 1.96. The molecule has 0 aliphatic heterocycles. The van der Waals surface area contributed by atoms with Crippen molar-refractivity contribution in [3.05, 3.63) is 47.7 Å². The largest absolute Gasteiger partial charge is 0.369 e. The fraction of sp³-hybridized carbons (Fsp3) is 0.294. The number of rotatable bonds is 6. The molecule has 0 amide bonds. The van der Waals surface area contributed by atoms with Crippen molar-refractivity contribution < 1.29 is 8.42 Å². The summed E-state index contributed by atoms with van der Waals surface area (Å²) < 4.78 is 26.6. The van der Waals surface area contributed by atoms with Gasteiger partial charge in [0.25, 0.3) is 0 Å². The van der Waals surface area contributed by atoms with E-state index in [0.717, 1.165) is 40.2 Å². The summed E-state index contributed by atoms with van der Waals surface area (Å²) in [4.78, 5) is 4.74. The van der Waals surface area contributed by atoms with Crippen molar-refractivity contribution >= 4 is 21.5 Å². The van der Waals surface area contributed by atoms with Crippen LogP contribution in [0.25, 0.3) is 16.9 Å². The molecule has 0 unspecified atom stereocenters. The van der Waals surface area contributed by atoms with E-state index in [0.29, 0.717) is 13.1 Å². The Labute approximate surface area is 147 Å². The highest BCUT2D eigenvalue weighted by Crippen LogP contribution is 2.24. The monoisotopic (exact) mass is 359 g/mol. The lowest BCUT2D eigenvalue weighted by atomic mass is 10.1. The van der Waals surface area contributed by atoms with Crippen LogP contribution in [0.4, 0.5) is 5.82 Å². The van der Waals surface area contributed by atoms with E-state index in [4.69, 9.17) is 4.98 Å². The normalized spacial score (nSPS) is 11.8. The minimum Gasteiger partial charge on any atom is -0.369 e. The zero-order valence-electron chi connectivity index (χ0n) is 14.4. The van der Waals surface area contributed by atoms with Crippen LogP contribution in [-0.4, -0.2) is 42.4 Å². The molecule has 2 aromatic heterocycles. The van der Waals surface area contributed by atoms with Gasteiger partial charge in [0.2, 0.25) is 10.0 Å². The maximum Gasteiger partial charge on any atom is 0.208 e. The summed E-state index contributed by atoms with van der Waals surface area (Å²) in [7, 11) is -3.20. The van der Waals surface area contributed by atoms with E-state index in [1.54, 1.807) is 4.52 Å². The van der Waals surface area contributed by atoms with Gasteiger partial charge in [-0.3, -0.25) is 0 Å². The molecule has 0 aliphatic rings. The molecule has 1 aromatic carbocycles. The Morgan fingerprint density at radius 2 is 1.84 bits per heavy atom. The van der Waals surface area contributed by atoms with Crippen LogP contribution in [0.15, 0.2) is 36.4 Å². The van der Waals surface area contributed by atoms with Gasteiger partial charge in [0.1, 0.15) is 5.82 Å². The minimum absolute atomic E-state index is 0.294. The molecular formula is C17H21N5O2S. The molecule has 25 heavy (non-hydrogen) atoms. The van der Waals surface area contributed by atoms with Crippen molar-refractivity contribution in [1.82, 2.24) is 19.3 Å². The smallest absolute Gasteiger partial charge is 0.208 e. The highest BCUT2D eigenvalue weighted by atomic mass is 32.2. The van der Waals surface area contributed by atoms with Gasteiger partial charge >= 0.3 is 0 Å². The first-order valence-corrected chi connectivity index (χ1v) is 9.85. The van der Waals surface area contributed by atoms with Gasteiger partial charge in [-0.05, 0) is 13.8 Å². The van der Waals surface area contributed by atoms with Crippen LogP contribution in [0, 0.1) is 13.8 Å². The first-order valence-electron chi connectivity index (χ1n) is 7.96. The fourth-order valence-corrected chi connectivity index (χ4v) is 3.01. The zero-order valence-corrected chi connectivity index (χ0v) is 15.3. The van der Waals surface area contributed by atoms with Crippen LogP contribution in [0.1, 0.15) is 11.3 Å². The third kappa shape index (κ3) is 3.97. The number of fused-ring (bicyclic) bond motifs is 1. The van der Waals surface area contributed by atoms with Crippen molar-refractivity contribution in [2.75, 3.05) is 24.7 Å². The first kappa shape index (κ1) is 17.4. The molecule has 2 N–H and O–H groups in total. The Morgan fingerprint density at radius 1 is 1.12 bits per heavy atom. The van der Waals surface area contributed by atoms with E-state index in [2.05, 4.69) is 15.1 Å². The quantitative estimate of drug-likeness (QED) is 0.657. The zero-order chi connectivity index (χ0) is 18.0. The lowest BCUT2D eigenvalue weighted by Crippen LogP contribution is -2.28. The molecule has 0 radical (unpaired) electrons. The molecule has 8 heteroatoms. The van der Waals surface area contributed by atoms with E-state index < -0.39 is 10.0 Å². The summed E-state index contributed by atoms with van der Waals surface area (Å²) in [5, 5.41) is 7.77. The van der Waals surface area contributed by atoms with Crippen LogP contribution >= 0.6 is 0 Å². The van der Waals surface area contributed by atoms with Crippen molar-refractivity contribution in [2.24, 2.45) is 0 Å². The predicted molar refractivity (Wildman–Crippen MR) is 99.2 cm³/mol. The Morgan fingerprint density at radius 3 is 2.52 bits per heavy atom. The second-order valence-corrected chi connectivity index (χ2v) is 7.76. The van der Waals surface area contributed by atoms with Gasteiger partial charge in [0.15, 0.2) is 5.65 Å². The molecule has 0 bridgehead atoms. The van der Waals surface area contributed by atoms with Crippen LogP contribution < -0.4 is 10.0 Å². The number of hydrogen-bond donors (Lipinski definition) is 2. The number of hydrogen-bond acceptors (Lipinski definition) is 5. The molecule has 0 saturated carbocycles. The molecule has 7 nitrogen and oxygen atoms in total. The standard InChI is InChI=1S/C17H21N5O2S/c1-12-13(2)21-22-16(18-9-10-19-25(3,23)24)11-15(20-17(12)22)14-7-5-4-6-8-14/h4-8,11,18-19H,9-10H2,1-3H3. The van der Waals surface area contributed by atoms with Gasteiger partial charge in [-0.2, -0.15) is 9.61 Å². The number of aromatic nitrogens is 3. The summed E-state index contributed by atoms with van der Waals surface area (Å²) in [5.74, 6) is 0.773. The lowest BCUT2D eigenvalue weighted by Gasteiger charge is -2.11. The molecule has 0 aliphatic carbocycles. The molecule has 0 saturated heterocycles. The fourth-order valence-electron chi connectivity index (χ4n) is 2.54. The summed E-state index contributed by atoms with van der Waals surface area (Å²) >= 11 is 0. The minimum atomic E-state index is -3.20. The lowest BCUT2D eigenvalue weighted by molar-refractivity contribution is 0.589. The number of sulfonamides is 1. The Kier molecular flexibility index (Phi) is 4.73. The van der Waals surface area contributed by atoms with E-state index in [9.17, 15) is 8.42 Å². The predicted octanol–water partition coefficient (Wildman–Crippen LogP) is 1.97. The summed E-state index contributed by atoms with van der Waals surface area (Å²) in [6, 6.07) is 11.8. The summed E-state index contributed by atoms with van der Waals surface area (Å²) in [6.07, 6.45) is 1.14. The van der Waals surface area contributed by atoms with Crippen LogP contribution in [0.5, 0.6) is 0 Å². The van der Waals surface area contributed by atoms with Gasteiger partial charge in [-0.25, -0.2) is 18.1 Å². The van der Waals surface area contributed by atoms with Crippen molar-refractivity contribution in [3.8, 4) is 11.3 Å². The number of anilines is 1. The van der Waals surface area contributed by atoms with Crippen LogP contribution in [0.3, 0.4) is 0 Å². The first-order chi connectivity index (χ1) is 11.8. The molecule has 0 spiro atoms. The SMILES string of the molecule is Cc1nn2c(NCCNS(C)(=O)=O)cc(-c3ccccc3)nc2c1C. The third-order valence-electron chi connectivity index (χ3n) is 3.92. The van der Waals surface area contributed by atoms with Gasteiger partial charge in [-0.15, -0.1) is 0 Å². The van der Waals surface area contributed by atoms with Crippen molar-refractivity contribution in [2.45, 2.75) is 13.8 Å². The molecule has 3 aromatic rings. The molecule has 3 rings (SSSR count). The van der Waals surface area contributed by atoms with Crippen LogP contribution in [0.2, 0.25) is 0 Å². The number of nitrogens with one attached hydrogen (secondary N) is 2. The molecule has 132 valence electrons. The van der Waals surface area contributed by atoms with Gasteiger partial charge in [-0.1, -0.05) is 30.3 Å². The highest BCUT2D eigenvalue weighted by Gasteiger charge is 2.13. The highest BCUT2D eigenvalue weighted by molar-refractivity contribution is 7.88. The summed E-state index contributed by atoms with van der Waals surface area (Å²) in [5.41, 5.74) is 4.58. The van der Waals surface area contributed by atoms with Gasteiger partial charge < -0.3 is 5.32 Å². The van der Waals surface area contributed by atoms with E-state index in [1.165, 1.54) is 0 Å². The molecule has 0 atom stereocenters. The summed E-state index contributed by atoms with van der Waals surface area (Å²) in [6.45, 7) is 4.68. The van der Waals surface area contributed by atoms with Gasteiger partial charge in [0, 0.05) is 30.3 Å². The number of nitrogens with zero attached hydrogens (tertiary/aromatic N) is 3. The van der Waals surface area contributed by atoms with E-state index in [1.807, 2.05) is 50.2 Å². The van der Waals surface area contributed by atoms with Gasteiger partial charge in [0.05, 0.1) is 17.6 Å². The maximum atomic E-state index is 11.2. The third-order valence-corrected chi connectivity index (χ3v) is 4.65. The van der Waals surface area contributed by atoms with Crippen molar-refractivity contribution in [1.29, 1.82) is 0 Å². The average Bonchev–Trinajstić information content (AvgIpc) is 2.86. The Hall–Kier alpha value is -2.45. The molecular weight excluding hydrogens is 338 g/mol. The topological polar surface area (TPSA) is 88.4 Å². The van der Waals surface area contributed by atoms with Crippen LogP contribution in [-0.2, 0) is 10.0 Å². The molecule has 0 fully saturated rings. The Bertz CT molecular complexity index is 997. The number of aryl methyl sites for hydroxylation is 2. The molecule has 2 heterocycles. The second-order valence-electron chi connectivity index (χ2n) is 5.93. The second kappa shape index (κ2) is 6.81.